The summed E-state index contributed by atoms with van der Waals surface area (Å²) in [6, 6.07) is 8.06. The molecule has 9 nitrogen and oxygen atoms in total. The zero-order chi connectivity index (χ0) is 21.8. The topological polar surface area (TPSA) is 128 Å². The van der Waals surface area contributed by atoms with Crippen LogP contribution >= 0.6 is 0 Å². The first-order chi connectivity index (χ1) is 14.9. The van der Waals surface area contributed by atoms with Gasteiger partial charge in [-0.05, 0) is 43.5 Å². The highest BCUT2D eigenvalue weighted by Gasteiger charge is 2.55. The van der Waals surface area contributed by atoms with E-state index in [-0.39, 0.29) is 17.4 Å². The van der Waals surface area contributed by atoms with Crippen molar-refractivity contribution >= 4 is 23.1 Å². The van der Waals surface area contributed by atoms with Gasteiger partial charge < -0.3 is 15.6 Å². The summed E-state index contributed by atoms with van der Waals surface area (Å²) in [5.74, 6) is -0.916. The number of hydrogen-bond acceptors (Lipinski definition) is 6. The van der Waals surface area contributed by atoms with Crippen LogP contribution in [-0.2, 0) is 10.2 Å². The van der Waals surface area contributed by atoms with Crippen molar-refractivity contribution in [3.8, 4) is 11.4 Å². The molecule has 0 aliphatic heterocycles. The molecule has 31 heavy (non-hydrogen) atoms. The third kappa shape index (κ3) is 3.12. The summed E-state index contributed by atoms with van der Waals surface area (Å²) in [6.45, 7) is 1.83. The molecule has 0 radical (unpaired) electrons. The molecule has 2 amide bonds. The summed E-state index contributed by atoms with van der Waals surface area (Å²) < 4.78 is 20.3. The molecule has 1 saturated carbocycles. The lowest BCUT2D eigenvalue weighted by Gasteiger charge is -2.09. The molecule has 3 heterocycles. The molecular formula is C21H17FN6O3. The second kappa shape index (κ2) is 6.73. The first-order valence-corrected chi connectivity index (χ1v) is 9.56. The average Bonchev–Trinajstić information content (AvgIpc) is 3.22. The Hall–Kier alpha value is -4.08. The van der Waals surface area contributed by atoms with Gasteiger partial charge in [0.1, 0.15) is 22.6 Å². The molecule has 10 heteroatoms. The van der Waals surface area contributed by atoms with Crippen LogP contribution in [0.2, 0.25) is 0 Å². The van der Waals surface area contributed by atoms with Crippen LogP contribution in [0, 0.1) is 12.7 Å². The average molecular weight is 420 g/mol. The van der Waals surface area contributed by atoms with Crippen LogP contribution in [0.4, 0.5) is 10.1 Å². The van der Waals surface area contributed by atoms with E-state index in [1.165, 1.54) is 28.9 Å². The number of aryl methyl sites for hydroxylation is 1. The largest absolute Gasteiger partial charge is 0.369 e. The number of nitrogens with zero attached hydrogens (tertiary/aromatic N) is 4. The van der Waals surface area contributed by atoms with E-state index < -0.39 is 23.0 Å². The minimum Gasteiger partial charge on any atom is -0.369 e. The number of rotatable bonds is 5. The van der Waals surface area contributed by atoms with Gasteiger partial charge >= 0.3 is 0 Å². The lowest BCUT2D eigenvalue weighted by atomic mass is 10.1. The van der Waals surface area contributed by atoms with Crippen LogP contribution in [0.25, 0.3) is 17.0 Å². The highest BCUT2D eigenvalue weighted by molar-refractivity contribution is 6.04. The fraction of sp³-hybridized carbons (Fsp3) is 0.190. The van der Waals surface area contributed by atoms with Crippen LogP contribution in [0.3, 0.4) is 0 Å². The molecule has 1 aliphatic rings. The van der Waals surface area contributed by atoms with Crippen LogP contribution in [0.5, 0.6) is 0 Å². The second-order valence-electron chi connectivity index (χ2n) is 7.57. The van der Waals surface area contributed by atoms with Gasteiger partial charge in [0.25, 0.3) is 5.91 Å². The van der Waals surface area contributed by atoms with E-state index in [0.29, 0.717) is 29.7 Å². The maximum Gasteiger partial charge on any atom is 0.274 e. The molecule has 3 aromatic heterocycles. The summed E-state index contributed by atoms with van der Waals surface area (Å²) in [5, 5.41) is 6.78. The third-order valence-corrected chi connectivity index (χ3v) is 5.50. The maximum atomic E-state index is 13.6. The van der Waals surface area contributed by atoms with Gasteiger partial charge in [0.15, 0.2) is 0 Å². The molecule has 5 rings (SSSR count). The quantitative estimate of drug-likeness (QED) is 0.511. The number of nitrogens with two attached hydrogens (primary N) is 1. The maximum absolute atomic E-state index is 13.6. The number of fused-ring (bicyclic) bond motifs is 1. The Kier molecular flexibility index (Phi) is 4.10. The summed E-state index contributed by atoms with van der Waals surface area (Å²) in [4.78, 5) is 33.0. The summed E-state index contributed by atoms with van der Waals surface area (Å²) in [5.41, 5.74) is 7.17. The number of hydrogen-bond donors (Lipinski definition) is 2. The van der Waals surface area contributed by atoms with Gasteiger partial charge in [-0.1, -0.05) is 17.3 Å². The van der Waals surface area contributed by atoms with E-state index in [1.807, 2.05) is 6.92 Å². The molecule has 1 aromatic carbocycles. The molecule has 4 aromatic rings. The van der Waals surface area contributed by atoms with Crippen molar-refractivity contribution in [2.24, 2.45) is 5.73 Å². The van der Waals surface area contributed by atoms with Crippen molar-refractivity contribution in [1.82, 2.24) is 19.5 Å². The van der Waals surface area contributed by atoms with E-state index in [4.69, 9.17) is 10.3 Å². The Morgan fingerprint density at radius 1 is 1.26 bits per heavy atom. The van der Waals surface area contributed by atoms with Crippen molar-refractivity contribution in [2.75, 3.05) is 5.32 Å². The number of amides is 2. The Morgan fingerprint density at radius 2 is 2.06 bits per heavy atom. The van der Waals surface area contributed by atoms with Gasteiger partial charge in [-0.15, -0.1) is 0 Å². The number of nitrogens with one attached hydrogen (secondary N) is 1. The molecule has 0 atom stereocenters. The number of pyridine rings is 1. The molecular weight excluding hydrogens is 403 g/mol. The van der Waals surface area contributed by atoms with Gasteiger partial charge in [-0.2, -0.15) is 4.98 Å². The number of carbonyl (C=O) groups excluding carboxylic acids is 2. The monoisotopic (exact) mass is 420 g/mol. The Bertz CT molecular complexity index is 1350. The summed E-state index contributed by atoms with van der Waals surface area (Å²) in [7, 11) is 0. The highest BCUT2D eigenvalue weighted by atomic mass is 19.1. The van der Waals surface area contributed by atoms with Gasteiger partial charge in [0, 0.05) is 17.4 Å². The SMILES string of the molecule is Cc1ccc(-c2noc(C3(C(N)=O)CC3)n2)cc1NC(=O)c1cnc2ccc(F)cn12. The number of benzene rings is 1. The molecule has 156 valence electrons. The van der Waals surface area contributed by atoms with E-state index in [9.17, 15) is 14.0 Å². The third-order valence-electron chi connectivity index (χ3n) is 5.50. The fourth-order valence-electron chi connectivity index (χ4n) is 3.43. The van der Waals surface area contributed by atoms with Crippen molar-refractivity contribution < 1.29 is 18.5 Å². The van der Waals surface area contributed by atoms with E-state index in [2.05, 4.69) is 20.4 Å². The number of primary amides is 1. The molecule has 1 fully saturated rings. The van der Waals surface area contributed by atoms with E-state index in [1.54, 1.807) is 18.2 Å². The predicted molar refractivity (Wildman–Crippen MR) is 108 cm³/mol. The zero-order valence-corrected chi connectivity index (χ0v) is 16.4. The number of imidazole rings is 1. The lowest BCUT2D eigenvalue weighted by Crippen LogP contribution is -2.28. The van der Waals surface area contributed by atoms with Crippen molar-refractivity contribution in [3.63, 3.8) is 0 Å². The van der Waals surface area contributed by atoms with Gasteiger partial charge in [-0.25, -0.2) is 9.37 Å². The van der Waals surface area contributed by atoms with Crippen molar-refractivity contribution in [2.45, 2.75) is 25.2 Å². The fourth-order valence-corrected chi connectivity index (χ4v) is 3.43. The standard InChI is InChI=1S/C21H17FN6O3/c1-11-2-3-12(17-26-20(31-27-17)21(6-7-21)19(23)30)8-14(11)25-18(29)15-9-24-16-5-4-13(22)10-28(15)16/h2-5,8-10H,6-7H2,1H3,(H2,23,30)(H,25,29). The van der Waals surface area contributed by atoms with Crippen molar-refractivity contribution in [3.05, 3.63) is 65.7 Å². The number of halogens is 1. The molecule has 3 N–H and O–H groups in total. The van der Waals surface area contributed by atoms with E-state index >= 15 is 0 Å². The summed E-state index contributed by atoms with van der Waals surface area (Å²) in [6.07, 6.45) is 3.75. The van der Waals surface area contributed by atoms with Crippen molar-refractivity contribution in [1.29, 1.82) is 0 Å². The Morgan fingerprint density at radius 3 is 2.81 bits per heavy atom. The lowest BCUT2D eigenvalue weighted by molar-refractivity contribution is -0.121. The van der Waals surface area contributed by atoms with Gasteiger partial charge in [0.2, 0.25) is 17.6 Å². The molecule has 1 aliphatic carbocycles. The van der Waals surface area contributed by atoms with Crippen LogP contribution in [0.15, 0.2) is 47.2 Å². The molecule has 0 saturated heterocycles. The zero-order valence-electron chi connectivity index (χ0n) is 16.4. The van der Waals surface area contributed by atoms with Crippen LogP contribution in [0.1, 0.15) is 34.8 Å². The van der Waals surface area contributed by atoms with Gasteiger partial charge in [0.05, 0.1) is 6.20 Å². The van der Waals surface area contributed by atoms with Gasteiger partial charge in [-0.3, -0.25) is 14.0 Å². The number of anilines is 1. The van der Waals surface area contributed by atoms with E-state index in [0.717, 1.165) is 5.56 Å². The smallest absolute Gasteiger partial charge is 0.274 e. The summed E-state index contributed by atoms with van der Waals surface area (Å²) >= 11 is 0. The van der Waals surface area contributed by atoms with Crippen LogP contribution in [-0.4, -0.2) is 31.3 Å². The Labute approximate surface area is 175 Å². The molecule has 0 unspecified atom stereocenters. The molecule has 0 bridgehead atoms. The second-order valence-corrected chi connectivity index (χ2v) is 7.57. The minimum atomic E-state index is -0.870. The number of aromatic nitrogens is 4. The number of carbonyl (C=O) groups is 2. The first-order valence-electron chi connectivity index (χ1n) is 9.56. The normalized spacial score (nSPS) is 14.5. The Balaban J connectivity index is 1.44. The molecule has 0 spiro atoms. The highest BCUT2D eigenvalue weighted by Crippen LogP contribution is 2.47. The first kappa shape index (κ1) is 18.9. The predicted octanol–water partition coefficient (Wildman–Crippen LogP) is 2.60. The minimum absolute atomic E-state index is 0.193. The van der Waals surface area contributed by atoms with Crippen LogP contribution < -0.4 is 11.1 Å².